The van der Waals surface area contributed by atoms with Gasteiger partial charge >= 0.3 is 175 Å². The Morgan fingerprint density at radius 3 is 0.852 bits per heavy atom. The molecule has 0 atom stereocenters. The van der Waals surface area contributed by atoms with Crippen molar-refractivity contribution in [2.24, 2.45) is 0 Å². The quantitative estimate of drug-likeness (QED) is 0.265. The van der Waals surface area contributed by atoms with E-state index in [-0.39, 0.29) is 0 Å². The van der Waals surface area contributed by atoms with Crippen LogP contribution in [0.3, 0.4) is 0 Å². The van der Waals surface area contributed by atoms with Crippen LogP contribution in [-0.2, 0) is 0 Å². The number of hydrogen-bond donors (Lipinski definition) is 0. The van der Waals surface area contributed by atoms with Crippen molar-refractivity contribution in [3.8, 4) is 0 Å². The second-order valence-electron chi connectivity index (χ2n) is 10.8. The van der Waals surface area contributed by atoms with Gasteiger partial charge in [0.1, 0.15) is 0 Å². The van der Waals surface area contributed by atoms with Crippen LogP contribution < -0.4 is 11.3 Å². The van der Waals surface area contributed by atoms with Gasteiger partial charge < -0.3 is 0 Å². The van der Waals surface area contributed by atoms with Crippen molar-refractivity contribution in [3.63, 3.8) is 0 Å². The topological polar surface area (TPSA) is 39.4 Å². The van der Waals surface area contributed by atoms with Crippen LogP contribution in [-0.4, -0.2) is 55.1 Å². The van der Waals surface area contributed by atoms with E-state index in [0.717, 1.165) is 32.9 Å². The molecule has 0 N–H and O–H groups in total. The van der Waals surface area contributed by atoms with E-state index in [9.17, 15) is 0 Å². The van der Waals surface area contributed by atoms with Gasteiger partial charge in [-0.2, -0.15) is 0 Å². The Labute approximate surface area is 173 Å². The van der Waals surface area contributed by atoms with E-state index in [1.807, 2.05) is 0 Å². The Kier molecular flexibility index (Phi) is 4.83. The molecule has 0 spiro atoms. The second kappa shape index (κ2) is 6.36. The van der Waals surface area contributed by atoms with Crippen LogP contribution in [0.2, 0.25) is 44.5 Å². The maximum absolute atomic E-state index is 6.49. The molecule has 0 unspecified atom stereocenters. The molecule has 0 amide bonds. The van der Waals surface area contributed by atoms with Crippen molar-refractivity contribution in [1.29, 1.82) is 0 Å². The molecule has 0 saturated heterocycles. The summed E-state index contributed by atoms with van der Waals surface area (Å²) < 4.78 is 23.1. The first-order valence-corrected chi connectivity index (χ1v) is 39.7. The van der Waals surface area contributed by atoms with Crippen molar-refractivity contribution in [3.05, 3.63) is 18.2 Å². The summed E-state index contributed by atoms with van der Waals surface area (Å²) in [5.74, 6) is 0. The molecule has 0 radical (unpaired) electrons. The molecular weight excluding hydrogens is 656 g/mol. The van der Waals surface area contributed by atoms with Crippen molar-refractivity contribution in [2.45, 2.75) is 44.5 Å². The van der Waals surface area contributed by atoms with Gasteiger partial charge in [0.05, 0.1) is 0 Å². The first-order valence-electron chi connectivity index (χ1n) is 9.71. The molecule has 144 valence electrons. The third-order valence-electron chi connectivity index (χ3n) is 5.15. The average molecular weight is 687 g/mol. The molecule has 0 aliphatic heterocycles. The van der Waals surface area contributed by atoms with Crippen LogP contribution >= 0.6 is 0 Å². The standard InChI is InChI=1S/C12H3O3.9CH3.3Sn/c1-4-13-10-7(1)11-9(2-5-14-11)12-8(10)3-6-15-12;;;;;;;;;;;;/h1-3H;9*1H3;;;. The van der Waals surface area contributed by atoms with Crippen molar-refractivity contribution in [2.75, 3.05) is 0 Å². The normalized spacial score (nSPS) is 14.1. The van der Waals surface area contributed by atoms with Crippen LogP contribution in [0.15, 0.2) is 31.5 Å². The zero-order chi connectivity index (χ0) is 19.9. The Morgan fingerprint density at radius 1 is 0.444 bits per heavy atom. The van der Waals surface area contributed by atoms with Gasteiger partial charge in [-0.3, -0.25) is 0 Å². The van der Waals surface area contributed by atoms with E-state index in [2.05, 4.69) is 62.7 Å². The molecule has 0 aliphatic rings. The summed E-state index contributed by atoms with van der Waals surface area (Å²) in [6.45, 7) is 0. The molecule has 0 saturated carbocycles. The fourth-order valence-electron chi connectivity index (χ4n) is 3.39. The molecule has 4 rings (SSSR count). The second-order valence-corrected chi connectivity index (χ2v) is 53.6. The van der Waals surface area contributed by atoms with Crippen LogP contribution in [0.5, 0.6) is 0 Å². The number of fused-ring (bicyclic) bond motifs is 6. The summed E-state index contributed by atoms with van der Waals surface area (Å²) in [6, 6.07) is 6.81. The fourth-order valence-corrected chi connectivity index (χ4v) is 11.8. The summed E-state index contributed by atoms with van der Waals surface area (Å²) in [5.41, 5.74) is 2.90. The number of benzene rings is 1. The van der Waals surface area contributed by atoms with E-state index < -0.39 is 55.1 Å². The SMILES string of the molecule is [CH3][Sn]([CH3])([CH3])[c]1cc2c(o1)c1c[c]([Sn]([CH3])([CH3])[CH3])oc1c1c[c]([Sn]([CH3])([CH3])[CH3])oc21. The molecule has 0 aliphatic carbocycles. The summed E-state index contributed by atoms with van der Waals surface area (Å²) in [6.07, 6.45) is 0. The molecule has 3 nitrogen and oxygen atoms in total. The third kappa shape index (κ3) is 3.51. The molecule has 4 aromatic rings. The Hall–Kier alpha value is 0.236. The monoisotopic (exact) mass is 690 g/mol. The van der Waals surface area contributed by atoms with Crippen LogP contribution in [0.1, 0.15) is 0 Å². The van der Waals surface area contributed by atoms with E-state index in [1.165, 1.54) is 11.3 Å². The Morgan fingerprint density at radius 2 is 0.667 bits per heavy atom. The van der Waals surface area contributed by atoms with Crippen LogP contribution in [0.4, 0.5) is 0 Å². The van der Waals surface area contributed by atoms with Gasteiger partial charge in [0.25, 0.3) is 0 Å². The molecule has 0 bridgehead atoms. The molecule has 3 aromatic heterocycles. The number of rotatable bonds is 3. The zero-order valence-electron chi connectivity index (χ0n) is 18.0. The number of hydrogen-bond acceptors (Lipinski definition) is 3. The molecule has 3 heterocycles. The molecule has 0 fully saturated rings. The molecule has 1 aromatic carbocycles. The molecule has 6 heteroatoms. The summed E-state index contributed by atoms with van der Waals surface area (Å²) in [4.78, 5) is 21.6. The van der Waals surface area contributed by atoms with Gasteiger partial charge in [0, 0.05) is 0 Å². The fraction of sp³-hybridized carbons (Fsp3) is 0.429. The minimum atomic E-state index is -2.34. The van der Waals surface area contributed by atoms with Gasteiger partial charge in [-0.1, -0.05) is 0 Å². The first-order chi connectivity index (χ1) is 12.3. The van der Waals surface area contributed by atoms with Gasteiger partial charge in [-0.25, -0.2) is 0 Å². The van der Waals surface area contributed by atoms with Gasteiger partial charge in [0.2, 0.25) is 0 Å². The van der Waals surface area contributed by atoms with Crippen molar-refractivity contribution >= 4 is 99.4 Å². The van der Waals surface area contributed by atoms with Gasteiger partial charge in [-0.05, 0) is 0 Å². The zero-order valence-corrected chi connectivity index (χ0v) is 26.5. The van der Waals surface area contributed by atoms with Gasteiger partial charge in [-0.15, -0.1) is 0 Å². The minimum absolute atomic E-state index is 0.967. The van der Waals surface area contributed by atoms with Gasteiger partial charge in [0.15, 0.2) is 0 Å². The average Bonchev–Trinajstić information content (AvgIpc) is 3.19. The van der Waals surface area contributed by atoms with Crippen LogP contribution in [0.25, 0.3) is 32.9 Å². The van der Waals surface area contributed by atoms with E-state index in [0.29, 0.717) is 0 Å². The van der Waals surface area contributed by atoms with Crippen LogP contribution in [0, 0.1) is 0 Å². The predicted octanol–water partition coefficient (Wildman–Crippen LogP) is 5.56. The van der Waals surface area contributed by atoms with E-state index in [1.54, 1.807) is 0 Å². The Balaban J connectivity index is 2.19. The summed E-state index contributed by atoms with van der Waals surface area (Å²) in [7, 11) is 0. The molecular formula is C21H30O3Sn3. The number of furan rings is 3. The first kappa shape index (κ1) is 20.5. The molecule has 27 heavy (non-hydrogen) atoms. The Bertz CT molecular complexity index is 925. The third-order valence-corrected chi connectivity index (χ3v) is 19.9. The predicted molar refractivity (Wildman–Crippen MR) is 125 cm³/mol. The van der Waals surface area contributed by atoms with E-state index >= 15 is 0 Å². The van der Waals surface area contributed by atoms with Crippen molar-refractivity contribution in [1.82, 2.24) is 0 Å². The van der Waals surface area contributed by atoms with E-state index in [4.69, 9.17) is 13.3 Å². The maximum atomic E-state index is 6.49. The van der Waals surface area contributed by atoms with Crippen molar-refractivity contribution < 1.29 is 13.3 Å². The summed E-state index contributed by atoms with van der Waals surface area (Å²) >= 11 is -7.02. The summed E-state index contributed by atoms with van der Waals surface area (Å²) in [5, 5.41) is 3.41.